The summed E-state index contributed by atoms with van der Waals surface area (Å²) in [4.78, 5) is 18.9. The van der Waals surface area contributed by atoms with Crippen LogP contribution in [0.1, 0.15) is 37.2 Å². The highest BCUT2D eigenvalue weighted by molar-refractivity contribution is 5.91. The van der Waals surface area contributed by atoms with Gasteiger partial charge in [0.2, 0.25) is 5.88 Å². The maximum absolute atomic E-state index is 12.0. The summed E-state index contributed by atoms with van der Waals surface area (Å²) >= 11 is 0. The summed E-state index contributed by atoms with van der Waals surface area (Å²) in [6, 6.07) is 9.26. The predicted octanol–water partition coefficient (Wildman–Crippen LogP) is 3.11. The highest BCUT2D eigenvalue weighted by Gasteiger charge is 2.22. The Hall–Kier alpha value is -2.50. The molecule has 1 aliphatic rings. The Kier molecular flexibility index (Phi) is 5.58. The Balaban J connectivity index is 1.56. The largest absolute Gasteiger partial charge is 0.475 e. The zero-order chi connectivity index (χ0) is 17.6. The van der Waals surface area contributed by atoms with E-state index in [9.17, 15) is 4.79 Å². The zero-order valence-corrected chi connectivity index (χ0v) is 14.8. The lowest BCUT2D eigenvalue weighted by atomic mass is 9.98. The number of anilines is 1. The van der Waals surface area contributed by atoms with E-state index in [1.165, 1.54) is 6.26 Å². The van der Waals surface area contributed by atoms with Gasteiger partial charge in [0.1, 0.15) is 5.82 Å². The molecule has 0 saturated carbocycles. The number of pyridine rings is 1. The van der Waals surface area contributed by atoms with Gasteiger partial charge in [-0.2, -0.15) is 4.98 Å². The molecule has 1 fully saturated rings. The normalized spacial score (nSPS) is 17.6. The van der Waals surface area contributed by atoms with E-state index in [1.807, 2.05) is 32.0 Å². The van der Waals surface area contributed by atoms with Crippen LogP contribution in [0.25, 0.3) is 0 Å². The van der Waals surface area contributed by atoms with E-state index in [0.29, 0.717) is 24.1 Å². The minimum Gasteiger partial charge on any atom is -0.475 e. The molecule has 0 bridgehead atoms. The highest BCUT2D eigenvalue weighted by atomic mass is 16.5. The molecule has 1 aliphatic heterocycles. The molecule has 0 aliphatic carbocycles. The summed E-state index contributed by atoms with van der Waals surface area (Å²) < 4.78 is 10.8. The topological polar surface area (TPSA) is 67.6 Å². The number of hydrogen-bond donors (Lipinski definition) is 1. The van der Waals surface area contributed by atoms with Crippen molar-refractivity contribution in [3.63, 3.8) is 0 Å². The molecule has 0 spiro atoms. The molecular formula is C19H25N3O3. The molecule has 1 atom stereocenters. The van der Waals surface area contributed by atoms with Gasteiger partial charge in [0, 0.05) is 25.7 Å². The lowest BCUT2D eigenvalue weighted by molar-refractivity contribution is 0.0918. The molecular weight excluding hydrogens is 318 g/mol. The van der Waals surface area contributed by atoms with Crippen LogP contribution in [0.5, 0.6) is 5.88 Å². The molecule has 6 nitrogen and oxygen atoms in total. The van der Waals surface area contributed by atoms with Crippen LogP contribution >= 0.6 is 0 Å². The van der Waals surface area contributed by atoms with Gasteiger partial charge in [0.05, 0.1) is 12.4 Å². The highest BCUT2D eigenvalue weighted by Crippen LogP contribution is 2.23. The fraction of sp³-hybridized carbons (Fsp3) is 0.474. The maximum atomic E-state index is 12.0. The van der Waals surface area contributed by atoms with E-state index in [1.54, 1.807) is 12.1 Å². The van der Waals surface area contributed by atoms with Crippen LogP contribution in [0.4, 0.5) is 5.82 Å². The van der Waals surface area contributed by atoms with E-state index >= 15 is 0 Å². The number of piperidine rings is 1. The number of rotatable bonds is 6. The standard InChI is InChI=1S/C19H25N3O3/c1-14(2)25-18-9-3-8-17(21-18)22-10-4-6-15(13-22)12-20-19(23)16-7-5-11-24-16/h3,5,7-9,11,14-15H,4,6,10,12-13H2,1-2H3,(H,20,23). The molecule has 134 valence electrons. The molecule has 0 radical (unpaired) electrons. The van der Waals surface area contributed by atoms with Gasteiger partial charge in [0.25, 0.3) is 5.91 Å². The summed E-state index contributed by atoms with van der Waals surface area (Å²) in [7, 11) is 0. The summed E-state index contributed by atoms with van der Waals surface area (Å²) in [5.41, 5.74) is 0. The van der Waals surface area contributed by atoms with Crippen LogP contribution in [0.3, 0.4) is 0 Å². The second kappa shape index (κ2) is 8.05. The molecule has 2 aromatic heterocycles. The monoisotopic (exact) mass is 343 g/mol. The van der Waals surface area contributed by atoms with Crippen molar-refractivity contribution in [3.8, 4) is 5.88 Å². The lowest BCUT2D eigenvalue weighted by Gasteiger charge is -2.33. The molecule has 1 saturated heterocycles. The molecule has 1 unspecified atom stereocenters. The number of nitrogens with zero attached hydrogens (tertiary/aromatic N) is 2. The molecule has 25 heavy (non-hydrogen) atoms. The van der Waals surface area contributed by atoms with Crippen LogP contribution in [0.2, 0.25) is 0 Å². The third-order valence-corrected chi connectivity index (χ3v) is 4.20. The molecule has 0 aromatic carbocycles. The van der Waals surface area contributed by atoms with Gasteiger partial charge in [-0.3, -0.25) is 4.79 Å². The van der Waals surface area contributed by atoms with Crippen LogP contribution < -0.4 is 15.0 Å². The lowest BCUT2D eigenvalue weighted by Crippen LogP contribution is -2.41. The van der Waals surface area contributed by atoms with E-state index in [2.05, 4.69) is 15.2 Å². The van der Waals surface area contributed by atoms with Crippen molar-refractivity contribution in [2.75, 3.05) is 24.5 Å². The van der Waals surface area contributed by atoms with Crippen LogP contribution in [0, 0.1) is 5.92 Å². The minimum atomic E-state index is -0.160. The van der Waals surface area contributed by atoms with Crippen molar-refractivity contribution in [3.05, 3.63) is 42.4 Å². The number of carbonyl (C=O) groups is 1. The SMILES string of the molecule is CC(C)Oc1cccc(N2CCCC(CNC(=O)c3ccco3)C2)n1. The molecule has 3 heterocycles. The third kappa shape index (κ3) is 4.75. The number of aromatic nitrogens is 1. The second-order valence-corrected chi connectivity index (χ2v) is 6.64. The van der Waals surface area contributed by atoms with Crippen LogP contribution in [-0.4, -0.2) is 36.6 Å². The summed E-state index contributed by atoms with van der Waals surface area (Å²) in [5.74, 6) is 2.17. The van der Waals surface area contributed by atoms with Crippen molar-refractivity contribution < 1.29 is 13.9 Å². The first-order valence-electron chi connectivity index (χ1n) is 8.82. The molecule has 1 amide bonds. The Morgan fingerprint density at radius 2 is 2.28 bits per heavy atom. The first-order chi connectivity index (χ1) is 12.1. The van der Waals surface area contributed by atoms with E-state index in [0.717, 1.165) is 31.7 Å². The quantitative estimate of drug-likeness (QED) is 0.873. The summed E-state index contributed by atoms with van der Waals surface area (Å²) in [6.45, 7) is 6.47. The molecule has 3 rings (SSSR count). The number of hydrogen-bond acceptors (Lipinski definition) is 5. The van der Waals surface area contributed by atoms with Crippen molar-refractivity contribution in [1.29, 1.82) is 0 Å². The van der Waals surface area contributed by atoms with Crippen molar-refractivity contribution in [2.24, 2.45) is 5.92 Å². The van der Waals surface area contributed by atoms with E-state index in [-0.39, 0.29) is 12.0 Å². The van der Waals surface area contributed by atoms with Crippen molar-refractivity contribution in [1.82, 2.24) is 10.3 Å². The number of furan rings is 1. The average Bonchev–Trinajstić information content (AvgIpc) is 3.14. The number of nitrogens with one attached hydrogen (secondary N) is 1. The van der Waals surface area contributed by atoms with Crippen molar-refractivity contribution in [2.45, 2.75) is 32.8 Å². The van der Waals surface area contributed by atoms with Crippen molar-refractivity contribution >= 4 is 11.7 Å². The van der Waals surface area contributed by atoms with Crippen LogP contribution in [0.15, 0.2) is 41.0 Å². The van der Waals surface area contributed by atoms with E-state index in [4.69, 9.17) is 9.15 Å². The predicted molar refractivity (Wildman–Crippen MR) is 96.0 cm³/mol. The number of ether oxygens (including phenoxy) is 1. The Labute approximate surface area is 148 Å². The number of amides is 1. The molecule has 1 N–H and O–H groups in total. The number of carbonyl (C=O) groups excluding carboxylic acids is 1. The first kappa shape index (κ1) is 17.3. The fourth-order valence-corrected chi connectivity index (χ4v) is 3.06. The van der Waals surface area contributed by atoms with Gasteiger partial charge < -0.3 is 19.4 Å². The fourth-order valence-electron chi connectivity index (χ4n) is 3.06. The Bertz CT molecular complexity index is 685. The van der Waals surface area contributed by atoms with Gasteiger partial charge in [-0.1, -0.05) is 6.07 Å². The minimum absolute atomic E-state index is 0.105. The van der Waals surface area contributed by atoms with Gasteiger partial charge in [-0.15, -0.1) is 0 Å². The first-order valence-corrected chi connectivity index (χ1v) is 8.82. The average molecular weight is 343 g/mol. The van der Waals surface area contributed by atoms with Gasteiger partial charge >= 0.3 is 0 Å². The molecule has 2 aromatic rings. The maximum Gasteiger partial charge on any atom is 0.286 e. The Morgan fingerprint density at radius 1 is 1.40 bits per heavy atom. The van der Waals surface area contributed by atoms with E-state index < -0.39 is 0 Å². The summed E-state index contributed by atoms with van der Waals surface area (Å²) in [6.07, 6.45) is 3.79. The van der Waals surface area contributed by atoms with Gasteiger partial charge in [-0.25, -0.2) is 0 Å². The van der Waals surface area contributed by atoms with Gasteiger partial charge in [-0.05, 0) is 50.8 Å². The van der Waals surface area contributed by atoms with Crippen LogP contribution in [-0.2, 0) is 0 Å². The van der Waals surface area contributed by atoms with Gasteiger partial charge in [0.15, 0.2) is 5.76 Å². The molecule has 6 heteroatoms. The summed E-state index contributed by atoms with van der Waals surface area (Å²) in [5, 5.41) is 2.96. The zero-order valence-electron chi connectivity index (χ0n) is 14.8. The second-order valence-electron chi connectivity index (χ2n) is 6.64. The third-order valence-electron chi connectivity index (χ3n) is 4.20. The Morgan fingerprint density at radius 3 is 3.04 bits per heavy atom. The smallest absolute Gasteiger partial charge is 0.286 e.